The molecule has 1 rings (SSSR count). The number of hydrogen-bond acceptors (Lipinski definition) is 2. The highest BCUT2D eigenvalue weighted by Gasteiger charge is 2.00. The Morgan fingerprint density at radius 2 is 2.18 bits per heavy atom. The van der Waals surface area contributed by atoms with Crippen molar-refractivity contribution in [2.75, 3.05) is 13.6 Å². The van der Waals surface area contributed by atoms with E-state index in [-0.39, 0.29) is 0 Å². The van der Waals surface area contributed by atoms with Gasteiger partial charge in [0.25, 0.3) is 0 Å². The summed E-state index contributed by atoms with van der Waals surface area (Å²) in [5.41, 5.74) is 1.53. The second-order valence-electron chi connectivity index (χ2n) is 4.42. The molecule has 1 N–H and O–H groups in total. The normalized spacial score (nSPS) is 11.4. The maximum atomic E-state index is 3.16. The lowest BCUT2D eigenvalue weighted by Gasteiger charge is -2.00. The molecule has 1 aromatic heterocycles. The SMILES string of the molecule is CCCCCCc1ccsc1C=CCCNC. The van der Waals surface area contributed by atoms with Crippen molar-refractivity contribution in [3.05, 3.63) is 28.0 Å². The van der Waals surface area contributed by atoms with E-state index in [2.05, 4.69) is 35.8 Å². The first-order valence-corrected chi connectivity index (χ1v) is 7.64. The van der Waals surface area contributed by atoms with Gasteiger partial charge in [-0.15, -0.1) is 11.3 Å². The Bertz CT molecular complexity index is 314. The zero-order valence-electron chi connectivity index (χ0n) is 11.2. The molecule has 0 aliphatic carbocycles. The van der Waals surface area contributed by atoms with Gasteiger partial charge in [-0.1, -0.05) is 32.3 Å². The number of rotatable bonds is 9. The van der Waals surface area contributed by atoms with Crippen molar-refractivity contribution in [1.82, 2.24) is 5.32 Å². The van der Waals surface area contributed by atoms with Crippen LogP contribution in [0.1, 0.15) is 49.5 Å². The Labute approximate surface area is 110 Å². The highest BCUT2D eigenvalue weighted by Crippen LogP contribution is 2.21. The van der Waals surface area contributed by atoms with Gasteiger partial charge in [-0.3, -0.25) is 0 Å². The molecule has 1 heterocycles. The Hall–Kier alpha value is -0.600. The first-order chi connectivity index (χ1) is 8.38. The Morgan fingerprint density at radius 3 is 2.94 bits per heavy atom. The van der Waals surface area contributed by atoms with Gasteiger partial charge in [-0.05, 0) is 55.9 Å². The summed E-state index contributed by atoms with van der Waals surface area (Å²) in [4.78, 5) is 1.46. The molecule has 0 amide bonds. The number of thiophene rings is 1. The average Bonchev–Trinajstić information content (AvgIpc) is 2.78. The highest BCUT2D eigenvalue weighted by molar-refractivity contribution is 7.11. The monoisotopic (exact) mass is 251 g/mol. The molecule has 0 saturated heterocycles. The van der Waals surface area contributed by atoms with Crippen molar-refractivity contribution >= 4 is 17.4 Å². The number of aryl methyl sites for hydroxylation is 1. The summed E-state index contributed by atoms with van der Waals surface area (Å²) in [6.45, 7) is 3.33. The third-order valence-corrected chi connectivity index (χ3v) is 3.83. The van der Waals surface area contributed by atoms with Gasteiger partial charge in [-0.25, -0.2) is 0 Å². The average molecular weight is 251 g/mol. The van der Waals surface area contributed by atoms with E-state index in [1.807, 2.05) is 18.4 Å². The fraction of sp³-hybridized carbons (Fsp3) is 0.600. The fourth-order valence-corrected chi connectivity index (χ4v) is 2.74. The molecule has 0 radical (unpaired) electrons. The van der Waals surface area contributed by atoms with Crippen LogP contribution in [0.25, 0.3) is 6.08 Å². The van der Waals surface area contributed by atoms with Gasteiger partial charge >= 0.3 is 0 Å². The van der Waals surface area contributed by atoms with Crippen molar-refractivity contribution in [3.63, 3.8) is 0 Å². The standard InChI is InChI=1S/C15H25NS/c1-3-4-5-6-9-14-11-13-17-15(14)10-7-8-12-16-2/h7,10-11,13,16H,3-6,8-9,12H2,1-2H3. The quantitative estimate of drug-likeness (QED) is 0.637. The molecule has 0 unspecified atom stereocenters. The van der Waals surface area contributed by atoms with Gasteiger partial charge in [0.2, 0.25) is 0 Å². The molecular weight excluding hydrogens is 226 g/mol. The topological polar surface area (TPSA) is 12.0 Å². The van der Waals surface area contributed by atoms with Crippen molar-refractivity contribution in [2.45, 2.75) is 45.4 Å². The molecular formula is C15H25NS. The van der Waals surface area contributed by atoms with Gasteiger partial charge in [0.05, 0.1) is 0 Å². The molecule has 0 aliphatic rings. The lowest BCUT2D eigenvalue weighted by atomic mass is 10.1. The van der Waals surface area contributed by atoms with E-state index in [9.17, 15) is 0 Å². The van der Waals surface area contributed by atoms with Crippen LogP contribution in [0.4, 0.5) is 0 Å². The van der Waals surface area contributed by atoms with Gasteiger partial charge in [0.1, 0.15) is 0 Å². The van der Waals surface area contributed by atoms with E-state index in [1.54, 1.807) is 0 Å². The molecule has 0 saturated carbocycles. The molecule has 1 aromatic rings. The van der Waals surface area contributed by atoms with Crippen LogP contribution in [0, 0.1) is 0 Å². The molecule has 0 aromatic carbocycles. The molecule has 0 bridgehead atoms. The van der Waals surface area contributed by atoms with Crippen LogP contribution in [0.2, 0.25) is 0 Å². The molecule has 0 spiro atoms. The van der Waals surface area contributed by atoms with E-state index in [0.29, 0.717) is 0 Å². The molecule has 0 atom stereocenters. The van der Waals surface area contributed by atoms with E-state index >= 15 is 0 Å². The lowest BCUT2D eigenvalue weighted by molar-refractivity contribution is 0.667. The van der Waals surface area contributed by atoms with Gasteiger partial charge < -0.3 is 5.32 Å². The number of hydrogen-bond donors (Lipinski definition) is 1. The minimum atomic E-state index is 1.06. The number of nitrogens with one attached hydrogen (secondary N) is 1. The minimum absolute atomic E-state index is 1.06. The molecule has 96 valence electrons. The van der Waals surface area contributed by atoms with Crippen LogP contribution in [0.5, 0.6) is 0 Å². The van der Waals surface area contributed by atoms with Crippen LogP contribution in [-0.4, -0.2) is 13.6 Å². The zero-order valence-corrected chi connectivity index (χ0v) is 12.0. The largest absolute Gasteiger partial charge is 0.319 e. The summed E-state index contributed by atoms with van der Waals surface area (Å²) < 4.78 is 0. The van der Waals surface area contributed by atoms with E-state index in [0.717, 1.165) is 13.0 Å². The van der Waals surface area contributed by atoms with Crippen LogP contribution >= 0.6 is 11.3 Å². The summed E-state index contributed by atoms with van der Waals surface area (Å²) in [7, 11) is 2.00. The van der Waals surface area contributed by atoms with Crippen molar-refractivity contribution in [3.8, 4) is 0 Å². The summed E-state index contributed by atoms with van der Waals surface area (Å²) >= 11 is 1.86. The van der Waals surface area contributed by atoms with Gasteiger partial charge in [0.15, 0.2) is 0 Å². The molecule has 0 aliphatic heterocycles. The van der Waals surface area contributed by atoms with Crippen LogP contribution in [0.3, 0.4) is 0 Å². The fourth-order valence-electron chi connectivity index (χ4n) is 1.86. The second-order valence-corrected chi connectivity index (χ2v) is 5.36. The molecule has 2 heteroatoms. The smallest absolute Gasteiger partial charge is 0.0299 e. The first-order valence-electron chi connectivity index (χ1n) is 6.76. The van der Waals surface area contributed by atoms with Gasteiger partial charge in [0, 0.05) is 4.88 Å². The summed E-state index contributed by atoms with van der Waals surface area (Å²) in [6, 6.07) is 2.29. The summed E-state index contributed by atoms with van der Waals surface area (Å²) in [5, 5.41) is 5.38. The van der Waals surface area contributed by atoms with E-state index < -0.39 is 0 Å². The predicted octanol–water partition coefficient (Wildman–Crippen LogP) is 4.49. The highest BCUT2D eigenvalue weighted by atomic mass is 32.1. The van der Waals surface area contributed by atoms with Crippen molar-refractivity contribution in [2.24, 2.45) is 0 Å². The van der Waals surface area contributed by atoms with E-state index in [4.69, 9.17) is 0 Å². The first kappa shape index (κ1) is 14.5. The maximum Gasteiger partial charge on any atom is 0.0299 e. The number of unbranched alkanes of at least 4 members (excludes halogenated alkanes) is 3. The maximum absolute atomic E-state index is 3.16. The molecule has 0 fully saturated rings. The van der Waals surface area contributed by atoms with Crippen LogP contribution in [0.15, 0.2) is 17.5 Å². The molecule has 17 heavy (non-hydrogen) atoms. The lowest BCUT2D eigenvalue weighted by Crippen LogP contribution is -2.05. The zero-order chi connectivity index (χ0) is 12.3. The van der Waals surface area contributed by atoms with Crippen LogP contribution in [-0.2, 0) is 6.42 Å². The van der Waals surface area contributed by atoms with Crippen molar-refractivity contribution in [1.29, 1.82) is 0 Å². The summed E-state index contributed by atoms with van der Waals surface area (Å²) in [6.07, 6.45) is 12.3. The van der Waals surface area contributed by atoms with Crippen molar-refractivity contribution < 1.29 is 0 Å². The summed E-state index contributed by atoms with van der Waals surface area (Å²) in [5.74, 6) is 0. The second kappa shape index (κ2) is 9.43. The predicted molar refractivity (Wildman–Crippen MR) is 79.7 cm³/mol. The third kappa shape index (κ3) is 6.04. The minimum Gasteiger partial charge on any atom is -0.319 e. The Kier molecular flexibility index (Phi) is 8.02. The van der Waals surface area contributed by atoms with E-state index in [1.165, 1.54) is 42.5 Å². The van der Waals surface area contributed by atoms with Crippen LogP contribution < -0.4 is 5.32 Å². The van der Waals surface area contributed by atoms with Gasteiger partial charge in [-0.2, -0.15) is 0 Å². The Morgan fingerprint density at radius 1 is 1.29 bits per heavy atom. The Balaban J connectivity index is 2.34. The third-order valence-electron chi connectivity index (χ3n) is 2.91. The molecule has 1 nitrogen and oxygen atoms in total.